The summed E-state index contributed by atoms with van der Waals surface area (Å²) in [6.45, 7) is 3.91. The molecule has 22 heavy (non-hydrogen) atoms. The number of thiocarbonyl (C=S) groups is 1. The zero-order valence-corrected chi connectivity index (χ0v) is 13.6. The molecule has 1 aliphatic rings. The van der Waals surface area contributed by atoms with Crippen molar-refractivity contribution in [1.82, 2.24) is 4.90 Å². The summed E-state index contributed by atoms with van der Waals surface area (Å²) in [5.41, 5.74) is 5.04. The van der Waals surface area contributed by atoms with Gasteiger partial charge in [-0.25, -0.2) is 0 Å². The van der Waals surface area contributed by atoms with Crippen molar-refractivity contribution in [2.45, 2.75) is 13.3 Å². The Morgan fingerprint density at radius 3 is 2.41 bits per heavy atom. The number of hydrogen-bond donors (Lipinski definition) is 1. The molecule has 0 aliphatic carbocycles. The van der Waals surface area contributed by atoms with Crippen LogP contribution in [0.1, 0.15) is 17.5 Å². The highest BCUT2D eigenvalue weighted by molar-refractivity contribution is 7.80. The predicted octanol–water partition coefficient (Wildman–Crippen LogP) is 4.48. The van der Waals surface area contributed by atoms with Crippen LogP contribution in [0.2, 0.25) is 0 Å². The maximum atomic E-state index is 5.53. The first-order valence-electron chi connectivity index (χ1n) is 7.59. The fraction of sp³-hybridized carbons (Fsp3) is 0.211. The van der Waals surface area contributed by atoms with Gasteiger partial charge in [0.25, 0.3) is 0 Å². The normalized spacial score (nSPS) is 14.4. The lowest BCUT2D eigenvalue weighted by molar-refractivity contribution is 0.466. The molecule has 0 amide bonds. The van der Waals surface area contributed by atoms with Crippen LogP contribution in [0.25, 0.3) is 5.57 Å². The Bertz CT molecular complexity index is 674. The van der Waals surface area contributed by atoms with Gasteiger partial charge < -0.3 is 10.2 Å². The average molecular weight is 308 g/mol. The first-order chi connectivity index (χ1) is 10.7. The largest absolute Gasteiger partial charge is 0.345 e. The van der Waals surface area contributed by atoms with Crippen LogP contribution >= 0.6 is 12.2 Å². The van der Waals surface area contributed by atoms with Crippen molar-refractivity contribution in [3.8, 4) is 0 Å². The van der Waals surface area contributed by atoms with Gasteiger partial charge in [0.15, 0.2) is 5.11 Å². The summed E-state index contributed by atoms with van der Waals surface area (Å²) in [4.78, 5) is 2.21. The number of nitrogens with one attached hydrogen (secondary N) is 1. The molecule has 1 aliphatic heterocycles. The molecule has 2 aromatic carbocycles. The van der Waals surface area contributed by atoms with E-state index in [1.54, 1.807) is 0 Å². The lowest BCUT2D eigenvalue weighted by atomic mass is 10.00. The second kappa shape index (κ2) is 6.75. The number of nitrogens with zero attached hydrogens (tertiary/aromatic N) is 1. The minimum Gasteiger partial charge on any atom is -0.345 e. The van der Waals surface area contributed by atoms with Gasteiger partial charge in [0.2, 0.25) is 0 Å². The molecule has 0 unspecified atom stereocenters. The molecule has 3 rings (SSSR count). The third kappa shape index (κ3) is 3.55. The Kier molecular flexibility index (Phi) is 4.54. The van der Waals surface area contributed by atoms with E-state index in [0.717, 1.165) is 30.3 Å². The molecule has 1 N–H and O–H groups in total. The van der Waals surface area contributed by atoms with Gasteiger partial charge in [-0.05, 0) is 48.8 Å². The van der Waals surface area contributed by atoms with Gasteiger partial charge in [0, 0.05) is 18.8 Å². The number of hydrogen-bond acceptors (Lipinski definition) is 1. The maximum Gasteiger partial charge on any atom is 0.173 e. The Balaban J connectivity index is 1.62. The molecule has 0 spiro atoms. The maximum absolute atomic E-state index is 5.53. The van der Waals surface area contributed by atoms with Crippen molar-refractivity contribution >= 4 is 28.6 Å². The van der Waals surface area contributed by atoms with E-state index in [4.69, 9.17) is 12.2 Å². The number of rotatable bonds is 2. The van der Waals surface area contributed by atoms with Gasteiger partial charge in [0.1, 0.15) is 0 Å². The number of anilines is 1. The van der Waals surface area contributed by atoms with Crippen LogP contribution in [-0.4, -0.2) is 23.1 Å². The van der Waals surface area contributed by atoms with E-state index in [2.05, 4.69) is 77.8 Å². The van der Waals surface area contributed by atoms with E-state index in [1.165, 1.54) is 16.7 Å². The molecule has 0 fully saturated rings. The lowest BCUT2D eigenvalue weighted by Crippen LogP contribution is -2.37. The van der Waals surface area contributed by atoms with E-state index in [0.29, 0.717) is 0 Å². The van der Waals surface area contributed by atoms with Crippen LogP contribution in [0.5, 0.6) is 0 Å². The van der Waals surface area contributed by atoms with Crippen molar-refractivity contribution in [2.75, 3.05) is 18.4 Å². The van der Waals surface area contributed by atoms with Crippen molar-refractivity contribution in [3.05, 3.63) is 71.8 Å². The summed E-state index contributed by atoms with van der Waals surface area (Å²) in [5.74, 6) is 0. The summed E-state index contributed by atoms with van der Waals surface area (Å²) >= 11 is 5.53. The molecular weight excluding hydrogens is 288 g/mol. The summed E-state index contributed by atoms with van der Waals surface area (Å²) < 4.78 is 0. The number of benzene rings is 2. The highest BCUT2D eigenvalue weighted by Crippen LogP contribution is 2.22. The summed E-state index contributed by atoms with van der Waals surface area (Å²) in [6, 6.07) is 18.9. The molecule has 2 aromatic rings. The van der Waals surface area contributed by atoms with Gasteiger partial charge in [-0.2, -0.15) is 0 Å². The van der Waals surface area contributed by atoms with Crippen LogP contribution in [0.4, 0.5) is 5.69 Å². The highest BCUT2D eigenvalue weighted by Gasteiger charge is 2.15. The first-order valence-corrected chi connectivity index (χ1v) is 8.00. The van der Waals surface area contributed by atoms with Gasteiger partial charge in [-0.1, -0.05) is 54.1 Å². The molecule has 0 atom stereocenters. The molecule has 0 bridgehead atoms. The van der Waals surface area contributed by atoms with Crippen molar-refractivity contribution in [2.24, 2.45) is 0 Å². The second-order valence-electron chi connectivity index (χ2n) is 5.59. The molecule has 0 aromatic heterocycles. The van der Waals surface area contributed by atoms with Crippen LogP contribution in [0, 0.1) is 6.92 Å². The minimum absolute atomic E-state index is 0.798. The van der Waals surface area contributed by atoms with E-state index in [1.807, 2.05) is 0 Å². The quantitative estimate of drug-likeness (QED) is 0.823. The molecule has 2 nitrogen and oxygen atoms in total. The monoisotopic (exact) mass is 308 g/mol. The van der Waals surface area contributed by atoms with Crippen LogP contribution < -0.4 is 5.32 Å². The van der Waals surface area contributed by atoms with E-state index < -0.39 is 0 Å². The molecule has 1 heterocycles. The molecule has 112 valence electrons. The summed E-state index contributed by atoms with van der Waals surface area (Å²) in [5, 5.41) is 4.12. The third-order valence-electron chi connectivity index (χ3n) is 3.94. The zero-order chi connectivity index (χ0) is 15.4. The Morgan fingerprint density at radius 1 is 1.05 bits per heavy atom. The van der Waals surface area contributed by atoms with Crippen LogP contribution in [0.3, 0.4) is 0 Å². The van der Waals surface area contributed by atoms with Gasteiger partial charge in [0.05, 0.1) is 0 Å². The van der Waals surface area contributed by atoms with Gasteiger partial charge in [-0.15, -0.1) is 0 Å². The van der Waals surface area contributed by atoms with Gasteiger partial charge >= 0.3 is 0 Å². The molecule has 0 saturated heterocycles. The Hall–Kier alpha value is -2.13. The van der Waals surface area contributed by atoms with Crippen molar-refractivity contribution in [1.29, 1.82) is 0 Å². The number of aryl methyl sites for hydroxylation is 1. The smallest absolute Gasteiger partial charge is 0.173 e. The minimum atomic E-state index is 0.798. The third-order valence-corrected chi connectivity index (χ3v) is 4.30. The fourth-order valence-electron chi connectivity index (χ4n) is 2.61. The van der Waals surface area contributed by atoms with E-state index in [-0.39, 0.29) is 0 Å². The predicted molar refractivity (Wildman–Crippen MR) is 98.0 cm³/mol. The summed E-state index contributed by atoms with van der Waals surface area (Å²) in [6.07, 6.45) is 3.31. The topological polar surface area (TPSA) is 15.3 Å². The SMILES string of the molecule is Cc1ccc(NC(=S)N2CC=C(c3ccccc3)CC2)cc1. The first kappa shape index (κ1) is 14.8. The molecule has 0 saturated carbocycles. The Labute approximate surface area is 137 Å². The van der Waals surface area contributed by atoms with Crippen LogP contribution in [-0.2, 0) is 0 Å². The molecule has 0 radical (unpaired) electrons. The zero-order valence-electron chi connectivity index (χ0n) is 12.8. The average Bonchev–Trinajstić information content (AvgIpc) is 2.58. The van der Waals surface area contributed by atoms with Crippen LogP contribution in [0.15, 0.2) is 60.7 Å². The summed E-state index contributed by atoms with van der Waals surface area (Å²) in [7, 11) is 0. The van der Waals surface area contributed by atoms with E-state index in [9.17, 15) is 0 Å². The Morgan fingerprint density at radius 2 is 1.77 bits per heavy atom. The lowest BCUT2D eigenvalue weighted by Gasteiger charge is -2.29. The van der Waals surface area contributed by atoms with Crippen molar-refractivity contribution < 1.29 is 0 Å². The van der Waals surface area contributed by atoms with Crippen molar-refractivity contribution in [3.63, 3.8) is 0 Å². The second-order valence-corrected chi connectivity index (χ2v) is 5.97. The van der Waals surface area contributed by atoms with E-state index >= 15 is 0 Å². The van der Waals surface area contributed by atoms with Gasteiger partial charge in [-0.3, -0.25) is 0 Å². The fourth-order valence-corrected chi connectivity index (χ4v) is 2.89. The molecular formula is C19H20N2S. The standard InChI is InChI=1S/C19H20N2S/c1-15-7-9-18(10-8-15)20-19(22)21-13-11-17(12-14-21)16-5-3-2-4-6-16/h2-11H,12-14H2,1H3,(H,20,22). The molecule has 3 heteroatoms. The highest BCUT2D eigenvalue weighted by atomic mass is 32.1.